The molecule has 3 aliphatic rings. The molecule has 1 aliphatic carbocycles. The number of ether oxygens (including phenoxy) is 2. The Bertz CT molecular complexity index is 1060. The van der Waals surface area contributed by atoms with Crippen LogP contribution in [0.15, 0.2) is 24.3 Å². The molecule has 214 valence electrons. The Morgan fingerprint density at radius 3 is 2.31 bits per heavy atom. The number of piperidine rings is 1. The normalized spacial score (nSPS) is 27.5. The monoisotopic (exact) mass is 542 g/mol. The van der Waals surface area contributed by atoms with Gasteiger partial charge in [-0.15, -0.1) is 0 Å². The lowest BCUT2D eigenvalue weighted by Crippen LogP contribution is -2.66. The number of likely N-dealkylation sites (tertiary alicyclic amines) is 1. The van der Waals surface area contributed by atoms with Crippen molar-refractivity contribution in [3.05, 3.63) is 35.4 Å². The maximum atomic E-state index is 13.9. The minimum absolute atomic E-state index is 0.0134. The highest BCUT2D eigenvalue weighted by atomic mass is 16.5. The molecule has 1 N–H and O–H groups in total. The Labute approximate surface area is 231 Å². The molecule has 3 fully saturated rings. The molecule has 0 aromatic heterocycles. The molecule has 1 aromatic rings. The average Bonchev–Trinajstić information content (AvgIpc) is 2.92. The fraction of sp³-hybridized carbons (Fsp3) is 0.655. The smallest absolute Gasteiger partial charge is 0.327 e. The fourth-order valence-corrected chi connectivity index (χ4v) is 6.14. The van der Waals surface area contributed by atoms with Crippen LogP contribution in [0.4, 0.5) is 4.79 Å². The van der Waals surface area contributed by atoms with Crippen LogP contribution in [-0.4, -0.2) is 96.1 Å². The molecular weight excluding hydrogens is 500 g/mol. The van der Waals surface area contributed by atoms with E-state index in [1.165, 1.54) is 4.90 Å². The van der Waals surface area contributed by atoms with Crippen molar-refractivity contribution in [3.63, 3.8) is 0 Å². The molecule has 2 heterocycles. The summed E-state index contributed by atoms with van der Waals surface area (Å²) in [7, 11) is 3.20. The van der Waals surface area contributed by atoms with Gasteiger partial charge in [-0.25, -0.2) is 4.79 Å². The number of carbonyl (C=O) groups excluding carboxylic acids is 4. The van der Waals surface area contributed by atoms with Crippen molar-refractivity contribution in [2.24, 2.45) is 5.92 Å². The second-order valence-electron chi connectivity index (χ2n) is 11.3. The van der Waals surface area contributed by atoms with Crippen LogP contribution in [0.1, 0.15) is 68.8 Å². The first kappa shape index (κ1) is 29.0. The van der Waals surface area contributed by atoms with Gasteiger partial charge in [-0.2, -0.15) is 0 Å². The van der Waals surface area contributed by atoms with E-state index in [0.717, 1.165) is 24.8 Å². The van der Waals surface area contributed by atoms with Crippen molar-refractivity contribution in [3.8, 4) is 0 Å². The van der Waals surface area contributed by atoms with E-state index in [4.69, 9.17) is 9.47 Å². The second-order valence-corrected chi connectivity index (χ2v) is 11.3. The lowest BCUT2D eigenvalue weighted by atomic mass is 9.78. The third kappa shape index (κ3) is 6.27. The molecule has 39 heavy (non-hydrogen) atoms. The molecule has 2 aliphatic heterocycles. The van der Waals surface area contributed by atoms with Gasteiger partial charge in [0.1, 0.15) is 6.54 Å². The Hall–Kier alpha value is -2.98. The topological polar surface area (TPSA) is 108 Å². The van der Waals surface area contributed by atoms with Crippen LogP contribution in [-0.2, 0) is 25.6 Å². The summed E-state index contributed by atoms with van der Waals surface area (Å²) in [6.45, 7) is 6.50. The van der Waals surface area contributed by atoms with E-state index < -0.39 is 18.0 Å². The van der Waals surface area contributed by atoms with Crippen molar-refractivity contribution in [2.45, 2.75) is 89.8 Å². The van der Waals surface area contributed by atoms with Gasteiger partial charge in [-0.1, -0.05) is 12.1 Å². The average molecular weight is 543 g/mol. The lowest BCUT2D eigenvalue weighted by molar-refractivity contribution is -0.155. The summed E-state index contributed by atoms with van der Waals surface area (Å²) in [4.78, 5) is 58.0. The minimum atomic E-state index is -0.498. The van der Waals surface area contributed by atoms with Crippen LogP contribution in [0.5, 0.6) is 0 Å². The van der Waals surface area contributed by atoms with Crippen LogP contribution < -0.4 is 5.32 Å². The third-order valence-electron chi connectivity index (χ3n) is 8.31. The Balaban J connectivity index is 1.58. The zero-order valence-electron chi connectivity index (χ0n) is 23.7. The van der Waals surface area contributed by atoms with Crippen molar-refractivity contribution in [1.82, 2.24) is 20.0 Å². The number of benzene rings is 1. The molecule has 5 amide bonds. The van der Waals surface area contributed by atoms with Crippen molar-refractivity contribution in [1.29, 1.82) is 0 Å². The molecule has 10 heteroatoms. The number of fused-ring (bicyclic) bond motifs is 1. The van der Waals surface area contributed by atoms with Crippen LogP contribution in [0.2, 0.25) is 0 Å². The van der Waals surface area contributed by atoms with Gasteiger partial charge in [0.25, 0.3) is 5.91 Å². The molecule has 0 bridgehead atoms. The van der Waals surface area contributed by atoms with Gasteiger partial charge in [0.2, 0.25) is 11.8 Å². The van der Waals surface area contributed by atoms with Crippen LogP contribution in [0.25, 0.3) is 0 Å². The highest BCUT2D eigenvalue weighted by Crippen LogP contribution is 2.37. The van der Waals surface area contributed by atoms with Crippen molar-refractivity contribution in [2.75, 3.05) is 27.3 Å². The number of imide groups is 1. The Kier molecular flexibility index (Phi) is 9.27. The molecule has 1 aromatic carbocycles. The zero-order valence-corrected chi connectivity index (χ0v) is 23.7. The maximum absolute atomic E-state index is 13.9. The van der Waals surface area contributed by atoms with E-state index >= 15 is 0 Å². The van der Waals surface area contributed by atoms with Gasteiger partial charge in [0, 0.05) is 44.5 Å². The number of amides is 5. The van der Waals surface area contributed by atoms with Gasteiger partial charge in [0.15, 0.2) is 0 Å². The molecule has 1 saturated carbocycles. The summed E-state index contributed by atoms with van der Waals surface area (Å²) in [5, 5.41) is 2.85. The van der Waals surface area contributed by atoms with Crippen molar-refractivity contribution >= 4 is 23.8 Å². The number of carbonyl (C=O) groups is 4. The Morgan fingerprint density at radius 1 is 1.03 bits per heavy atom. The summed E-state index contributed by atoms with van der Waals surface area (Å²) in [5.74, 6) is -1.03. The number of hydrogen-bond acceptors (Lipinski definition) is 6. The van der Waals surface area contributed by atoms with Crippen LogP contribution >= 0.6 is 0 Å². The summed E-state index contributed by atoms with van der Waals surface area (Å²) < 4.78 is 11.3. The van der Waals surface area contributed by atoms with Gasteiger partial charge in [-0.3, -0.25) is 19.3 Å². The standard InChI is InChI=1S/C29H42N4O6/c1-18(2)30-27(35)21-11-9-20(10-12-21)16-33-28(36)22-14-24(38-4)25(39-5)15-23(22)32(29(33)37)17-26(34)31-13-7-6-8-19(31)3/h9-12,18-19,22-25H,6-8,13-17H2,1-5H3,(H,30,35). The van der Waals surface area contributed by atoms with Crippen LogP contribution in [0, 0.1) is 5.92 Å². The number of urea groups is 1. The van der Waals surface area contributed by atoms with E-state index in [1.807, 2.05) is 25.7 Å². The summed E-state index contributed by atoms with van der Waals surface area (Å²) >= 11 is 0. The van der Waals surface area contributed by atoms with E-state index in [9.17, 15) is 19.2 Å². The SMILES string of the molecule is COC1CC2C(=O)N(Cc3ccc(C(=O)NC(C)C)cc3)C(=O)N(CC(=O)N3CCCCC3C)C2CC1OC. The maximum Gasteiger partial charge on any atom is 0.327 e. The number of nitrogens with one attached hydrogen (secondary N) is 1. The van der Waals surface area contributed by atoms with Gasteiger partial charge < -0.3 is 24.6 Å². The fourth-order valence-electron chi connectivity index (χ4n) is 6.14. The van der Waals surface area contributed by atoms with Crippen molar-refractivity contribution < 1.29 is 28.7 Å². The Morgan fingerprint density at radius 2 is 1.69 bits per heavy atom. The number of methoxy groups -OCH3 is 2. The number of nitrogens with zero attached hydrogens (tertiary/aromatic N) is 3. The van der Waals surface area contributed by atoms with Gasteiger partial charge in [-0.05, 0) is 70.6 Å². The third-order valence-corrected chi connectivity index (χ3v) is 8.31. The quantitative estimate of drug-likeness (QED) is 0.541. The number of hydrogen-bond donors (Lipinski definition) is 1. The zero-order chi connectivity index (χ0) is 28.3. The van der Waals surface area contributed by atoms with E-state index in [1.54, 1.807) is 43.4 Å². The summed E-state index contributed by atoms with van der Waals surface area (Å²) in [5.41, 5.74) is 1.23. The van der Waals surface area contributed by atoms with Gasteiger partial charge >= 0.3 is 6.03 Å². The summed E-state index contributed by atoms with van der Waals surface area (Å²) in [6, 6.07) is 6.13. The lowest BCUT2D eigenvalue weighted by Gasteiger charge is -2.50. The molecule has 4 rings (SSSR count). The highest BCUT2D eigenvalue weighted by molar-refractivity contribution is 6.00. The predicted octanol–water partition coefficient (Wildman–Crippen LogP) is 2.80. The summed E-state index contributed by atoms with van der Waals surface area (Å²) in [6.07, 6.45) is 3.25. The highest BCUT2D eigenvalue weighted by Gasteiger charge is 2.52. The van der Waals surface area contributed by atoms with E-state index in [0.29, 0.717) is 24.9 Å². The first-order chi connectivity index (χ1) is 18.6. The van der Waals surface area contributed by atoms with E-state index in [-0.39, 0.29) is 55.1 Å². The molecule has 5 unspecified atom stereocenters. The minimum Gasteiger partial charge on any atom is -0.379 e. The molecule has 10 nitrogen and oxygen atoms in total. The molecule has 0 radical (unpaired) electrons. The molecule has 0 spiro atoms. The first-order valence-corrected chi connectivity index (χ1v) is 14.0. The number of rotatable bonds is 8. The second kappa shape index (κ2) is 12.5. The molecule has 2 saturated heterocycles. The van der Waals surface area contributed by atoms with Gasteiger partial charge in [0.05, 0.1) is 24.7 Å². The predicted molar refractivity (Wildman–Crippen MR) is 145 cm³/mol. The van der Waals surface area contributed by atoms with E-state index in [2.05, 4.69) is 5.32 Å². The molecule has 5 atom stereocenters. The van der Waals surface area contributed by atoms with Crippen LogP contribution in [0.3, 0.4) is 0 Å². The largest absolute Gasteiger partial charge is 0.379 e. The first-order valence-electron chi connectivity index (χ1n) is 14.0. The molecular formula is C29H42N4O6.